The number of halogens is 6. The van der Waals surface area contributed by atoms with Gasteiger partial charge in [0.15, 0.2) is 23.1 Å². The summed E-state index contributed by atoms with van der Waals surface area (Å²) < 4.78 is 79.8. The molecule has 154 valence electrons. The summed E-state index contributed by atoms with van der Waals surface area (Å²) in [6.07, 6.45) is -4.38. The van der Waals surface area contributed by atoms with Crippen molar-refractivity contribution >= 4 is 11.5 Å². The Kier molecular flexibility index (Phi) is 4.60. The lowest BCUT2D eigenvalue weighted by molar-refractivity contribution is -0.144. The molecule has 0 aliphatic carbocycles. The Morgan fingerprint density at radius 3 is 2.41 bits per heavy atom. The molecule has 1 aliphatic rings. The van der Waals surface area contributed by atoms with Crippen molar-refractivity contribution in [3.05, 3.63) is 53.1 Å². The minimum atomic E-state index is -4.69. The molecular formula is C17H14F6N6. The van der Waals surface area contributed by atoms with Gasteiger partial charge in [-0.3, -0.25) is 0 Å². The zero-order valence-corrected chi connectivity index (χ0v) is 14.7. The molecule has 1 aromatic carbocycles. The summed E-state index contributed by atoms with van der Waals surface area (Å²) in [6.45, 7) is 0.512. The van der Waals surface area contributed by atoms with Gasteiger partial charge in [0.25, 0.3) is 5.82 Å². The maximum Gasteiger partial charge on any atom is 0.453 e. The highest BCUT2D eigenvalue weighted by molar-refractivity contribution is 5.46. The Balaban J connectivity index is 1.56. The van der Waals surface area contributed by atoms with Crippen LogP contribution in [0.25, 0.3) is 5.65 Å². The van der Waals surface area contributed by atoms with E-state index in [9.17, 15) is 26.3 Å². The van der Waals surface area contributed by atoms with E-state index in [1.807, 2.05) is 0 Å². The average Bonchev–Trinajstić information content (AvgIpc) is 3.09. The van der Waals surface area contributed by atoms with Gasteiger partial charge in [-0.2, -0.15) is 13.2 Å². The van der Waals surface area contributed by atoms with Crippen molar-refractivity contribution in [1.82, 2.24) is 19.8 Å². The fourth-order valence-electron chi connectivity index (χ4n) is 3.46. The fourth-order valence-corrected chi connectivity index (χ4v) is 3.46. The van der Waals surface area contributed by atoms with Crippen LogP contribution in [0.2, 0.25) is 0 Å². The van der Waals surface area contributed by atoms with Gasteiger partial charge in [-0.15, -0.1) is 14.8 Å². The smallest absolute Gasteiger partial charge is 0.354 e. The predicted molar refractivity (Wildman–Crippen MR) is 89.6 cm³/mol. The number of anilines is 1. The molecule has 12 heteroatoms. The number of aromatic nitrogens is 4. The van der Waals surface area contributed by atoms with Gasteiger partial charge in [0.05, 0.1) is 0 Å². The molecule has 1 unspecified atom stereocenters. The number of nitrogens with two attached hydrogens (primary N) is 1. The number of hydrogen-bond donors (Lipinski definition) is 1. The molecule has 3 heterocycles. The molecule has 6 nitrogen and oxygen atoms in total. The van der Waals surface area contributed by atoms with E-state index in [0.717, 1.165) is 10.7 Å². The maximum absolute atomic E-state index is 14.1. The molecule has 1 saturated heterocycles. The second-order valence-corrected chi connectivity index (χ2v) is 6.77. The van der Waals surface area contributed by atoms with Gasteiger partial charge in [-0.25, -0.2) is 18.2 Å². The Labute approximate surface area is 159 Å². The van der Waals surface area contributed by atoms with E-state index >= 15 is 0 Å². The predicted octanol–water partition coefficient (Wildman–Crippen LogP) is 2.88. The summed E-state index contributed by atoms with van der Waals surface area (Å²) in [5, 5.41) is 7.37. The van der Waals surface area contributed by atoms with Crippen LogP contribution < -0.4 is 10.6 Å². The summed E-state index contributed by atoms with van der Waals surface area (Å²) in [5.74, 6) is -4.84. The molecule has 0 amide bonds. The molecule has 3 aromatic rings. The van der Waals surface area contributed by atoms with E-state index in [2.05, 4.69) is 15.2 Å². The van der Waals surface area contributed by atoms with Crippen LogP contribution in [0.5, 0.6) is 0 Å². The van der Waals surface area contributed by atoms with E-state index in [1.165, 1.54) is 12.1 Å². The molecular weight excluding hydrogens is 402 g/mol. The van der Waals surface area contributed by atoms with Crippen LogP contribution in [0.1, 0.15) is 23.7 Å². The van der Waals surface area contributed by atoms with Crippen molar-refractivity contribution in [2.75, 3.05) is 18.0 Å². The largest absolute Gasteiger partial charge is 0.453 e. The first-order chi connectivity index (χ1) is 13.6. The molecule has 0 spiro atoms. The summed E-state index contributed by atoms with van der Waals surface area (Å²) in [4.78, 5) is 5.08. The minimum absolute atomic E-state index is 0.00874. The first-order valence-electron chi connectivity index (χ1n) is 8.60. The first kappa shape index (κ1) is 19.4. The minimum Gasteiger partial charge on any atom is -0.354 e. The van der Waals surface area contributed by atoms with Crippen LogP contribution in [0.15, 0.2) is 24.3 Å². The van der Waals surface area contributed by atoms with Gasteiger partial charge in [-0.05, 0) is 30.2 Å². The molecule has 2 atom stereocenters. The Morgan fingerprint density at radius 2 is 1.72 bits per heavy atom. The van der Waals surface area contributed by atoms with Crippen molar-refractivity contribution in [2.45, 2.75) is 24.6 Å². The standard InChI is InChI=1S/C17H14F6N6/c18-10-6-12(20)11(19)5-9(10)8-3-4-28(7-13(8)24)15-2-1-14-25-16(17(21,22)23)27-29(14)26-15/h1-2,5-6,8,13H,3-4,7,24H2/t8?,13-/m0/s1. The molecule has 2 N–H and O–H groups in total. The third kappa shape index (κ3) is 3.59. The lowest BCUT2D eigenvalue weighted by atomic mass is 9.85. The molecule has 1 fully saturated rings. The molecule has 29 heavy (non-hydrogen) atoms. The number of rotatable bonds is 2. The third-order valence-corrected chi connectivity index (χ3v) is 4.87. The van der Waals surface area contributed by atoms with E-state index < -0.39 is 41.4 Å². The average molecular weight is 416 g/mol. The molecule has 4 rings (SSSR count). The second-order valence-electron chi connectivity index (χ2n) is 6.77. The van der Waals surface area contributed by atoms with Crippen molar-refractivity contribution in [3.63, 3.8) is 0 Å². The van der Waals surface area contributed by atoms with Crippen LogP contribution in [-0.2, 0) is 6.18 Å². The van der Waals surface area contributed by atoms with Crippen molar-refractivity contribution < 1.29 is 26.3 Å². The highest BCUT2D eigenvalue weighted by Gasteiger charge is 2.37. The Morgan fingerprint density at radius 1 is 1.00 bits per heavy atom. The first-order valence-corrected chi connectivity index (χ1v) is 8.60. The third-order valence-electron chi connectivity index (χ3n) is 4.87. The molecule has 2 aromatic heterocycles. The van der Waals surface area contributed by atoms with Gasteiger partial charge in [0, 0.05) is 31.1 Å². The molecule has 0 radical (unpaired) electrons. The molecule has 1 aliphatic heterocycles. The lowest BCUT2D eigenvalue weighted by Crippen LogP contribution is -2.48. The summed E-state index contributed by atoms with van der Waals surface area (Å²) in [5.41, 5.74) is 6.06. The zero-order chi connectivity index (χ0) is 20.9. The SMILES string of the molecule is N[C@H]1CN(c2ccc3nc(C(F)(F)F)nn3n2)CCC1c1cc(F)c(F)cc1F. The van der Waals surface area contributed by atoms with Crippen molar-refractivity contribution in [3.8, 4) is 0 Å². The fraction of sp³-hybridized carbons (Fsp3) is 0.353. The summed E-state index contributed by atoms with van der Waals surface area (Å²) in [7, 11) is 0. The van der Waals surface area contributed by atoms with Gasteiger partial charge >= 0.3 is 6.18 Å². The van der Waals surface area contributed by atoms with Gasteiger partial charge in [-0.1, -0.05) is 0 Å². The van der Waals surface area contributed by atoms with Crippen LogP contribution in [0, 0.1) is 17.5 Å². The molecule has 0 saturated carbocycles. The second kappa shape index (κ2) is 6.87. The summed E-state index contributed by atoms with van der Waals surface area (Å²) in [6, 6.07) is 3.49. The topological polar surface area (TPSA) is 72.3 Å². The number of hydrogen-bond acceptors (Lipinski definition) is 5. The van der Waals surface area contributed by atoms with Crippen LogP contribution in [0.3, 0.4) is 0 Å². The quantitative estimate of drug-likeness (QED) is 0.514. The Hall–Kier alpha value is -2.89. The van der Waals surface area contributed by atoms with E-state index in [4.69, 9.17) is 5.73 Å². The summed E-state index contributed by atoms with van der Waals surface area (Å²) >= 11 is 0. The van der Waals surface area contributed by atoms with Gasteiger partial charge in [0.2, 0.25) is 0 Å². The van der Waals surface area contributed by atoms with Crippen molar-refractivity contribution in [2.24, 2.45) is 5.73 Å². The van der Waals surface area contributed by atoms with Crippen LogP contribution >= 0.6 is 0 Å². The molecule has 0 bridgehead atoms. The maximum atomic E-state index is 14.1. The highest BCUT2D eigenvalue weighted by Crippen LogP contribution is 2.32. The lowest BCUT2D eigenvalue weighted by Gasteiger charge is -2.37. The zero-order valence-electron chi connectivity index (χ0n) is 14.7. The monoisotopic (exact) mass is 416 g/mol. The number of fused-ring (bicyclic) bond motifs is 1. The number of benzene rings is 1. The van der Waals surface area contributed by atoms with E-state index in [-0.39, 0.29) is 17.8 Å². The van der Waals surface area contributed by atoms with Gasteiger partial charge in [0.1, 0.15) is 5.82 Å². The van der Waals surface area contributed by atoms with Crippen LogP contribution in [-0.4, -0.2) is 38.9 Å². The van der Waals surface area contributed by atoms with Crippen LogP contribution in [0.4, 0.5) is 32.2 Å². The van der Waals surface area contributed by atoms with E-state index in [1.54, 1.807) is 4.90 Å². The van der Waals surface area contributed by atoms with Gasteiger partial charge < -0.3 is 10.6 Å². The highest BCUT2D eigenvalue weighted by atomic mass is 19.4. The normalized spacial score (nSPS) is 20.4. The Bertz CT molecular complexity index is 1060. The number of nitrogens with zero attached hydrogens (tertiary/aromatic N) is 5. The number of alkyl halides is 3. The van der Waals surface area contributed by atoms with Crippen molar-refractivity contribution in [1.29, 1.82) is 0 Å². The number of piperidine rings is 1. The van der Waals surface area contributed by atoms with E-state index in [0.29, 0.717) is 24.8 Å².